The largest absolute Gasteiger partial charge is 0.396 e. The fourth-order valence-corrected chi connectivity index (χ4v) is 5.05. The highest BCUT2D eigenvalue weighted by Gasteiger charge is 2.19. The van der Waals surface area contributed by atoms with Gasteiger partial charge in [-0.2, -0.15) is 0 Å². The summed E-state index contributed by atoms with van der Waals surface area (Å²) in [6.45, 7) is 3.16. The third-order valence-corrected chi connectivity index (χ3v) is 6.91. The molecule has 36 heavy (non-hydrogen) atoms. The Kier molecular flexibility index (Phi) is 11.7. The summed E-state index contributed by atoms with van der Waals surface area (Å²) in [5.74, 6) is 0.737. The van der Waals surface area contributed by atoms with E-state index in [1.54, 1.807) is 0 Å². The Morgan fingerprint density at radius 3 is 1.06 bits per heavy atom. The lowest BCUT2D eigenvalue weighted by Crippen LogP contribution is -2.30. The first kappa shape index (κ1) is 27.7. The lowest BCUT2D eigenvalue weighted by atomic mass is 9.87. The second-order valence-electron chi connectivity index (χ2n) is 9.24. The van der Waals surface area contributed by atoms with Crippen LogP contribution < -0.4 is 0 Å². The minimum atomic E-state index is 0. The molecule has 0 bridgehead atoms. The quantitative estimate of drug-likeness (QED) is 0.205. The molecule has 0 spiro atoms. The van der Waals surface area contributed by atoms with E-state index in [9.17, 15) is 5.11 Å². The molecule has 0 amide bonds. The Morgan fingerprint density at radius 2 is 0.778 bits per heavy atom. The van der Waals surface area contributed by atoms with Crippen molar-refractivity contribution in [2.75, 3.05) is 26.2 Å². The van der Waals surface area contributed by atoms with Gasteiger partial charge in [0.25, 0.3) is 0 Å². The summed E-state index contributed by atoms with van der Waals surface area (Å²) in [6.07, 6.45) is 2.92. The standard InChI is InChI=1S/C33H37NO.ClH/c35-27-13-24-34(25-22-32(28-14-5-1-6-15-28)29-16-7-2-8-17-29)26-23-33(30-18-9-3-10-19-30)31-20-11-4-12-21-31;/h1-12,14-21,32-33,35H,13,22-27H2;1H. The van der Waals surface area contributed by atoms with Crippen molar-refractivity contribution < 1.29 is 5.11 Å². The lowest BCUT2D eigenvalue weighted by Gasteiger charge is -2.28. The van der Waals surface area contributed by atoms with E-state index in [1.807, 2.05) is 0 Å². The van der Waals surface area contributed by atoms with Gasteiger partial charge in [0.2, 0.25) is 0 Å². The maximum atomic E-state index is 9.56. The van der Waals surface area contributed by atoms with Crippen molar-refractivity contribution in [3.8, 4) is 0 Å². The smallest absolute Gasteiger partial charge is 0.0443 e. The topological polar surface area (TPSA) is 23.5 Å². The summed E-state index contributed by atoms with van der Waals surface area (Å²) in [5.41, 5.74) is 5.47. The molecule has 4 rings (SSSR count). The molecule has 1 N–H and O–H groups in total. The predicted molar refractivity (Wildman–Crippen MR) is 154 cm³/mol. The molecule has 0 aliphatic carbocycles. The van der Waals surface area contributed by atoms with Crippen LogP contribution >= 0.6 is 12.4 Å². The van der Waals surface area contributed by atoms with Gasteiger partial charge in [-0.1, -0.05) is 121 Å². The van der Waals surface area contributed by atoms with E-state index in [1.165, 1.54) is 22.3 Å². The number of hydrogen-bond acceptors (Lipinski definition) is 2. The highest BCUT2D eigenvalue weighted by molar-refractivity contribution is 5.85. The molecule has 2 nitrogen and oxygen atoms in total. The highest BCUT2D eigenvalue weighted by atomic mass is 35.5. The van der Waals surface area contributed by atoms with E-state index in [0.29, 0.717) is 11.8 Å². The number of benzene rings is 4. The van der Waals surface area contributed by atoms with Gasteiger partial charge in [-0.05, 0) is 54.6 Å². The monoisotopic (exact) mass is 499 g/mol. The first-order chi connectivity index (χ1) is 17.3. The molecule has 3 heteroatoms. The molecule has 4 aromatic rings. The average Bonchev–Trinajstić information content (AvgIpc) is 2.94. The molecule has 0 heterocycles. The van der Waals surface area contributed by atoms with Gasteiger partial charge < -0.3 is 10.0 Å². The van der Waals surface area contributed by atoms with E-state index in [0.717, 1.165) is 38.9 Å². The third-order valence-electron chi connectivity index (χ3n) is 6.91. The number of aliphatic hydroxyl groups excluding tert-OH is 1. The Balaban J connectivity index is 0.00000361. The van der Waals surface area contributed by atoms with E-state index in [2.05, 4.69) is 126 Å². The van der Waals surface area contributed by atoms with Crippen molar-refractivity contribution in [1.29, 1.82) is 0 Å². The van der Waals surface area contributed by atoms with Crippen LogP contribution in [0.15, 0.2) is 121 Å². The van der Waals surface area contributed by atoms with Gasteiger partial charge in [0, 0.05) is 25.0 Å². The van der Waals surface area contributed by atoms with Crippen molar-refractivity contribution in [1.82, 2.24) is 4.90 Å². The maximum Gasteiger partial charge on any atom is 0.0443 e. The van der Waals surface area contributed by atoms with E-state index in [4.69, 9.17) is 0 Å². The summed E-state index contributed by atoms with van der Waals surface area (Å²) in [6, 6.07) is 43.4. The molecule has 0 fully saturated rings. The van der Waals surface area contributed by atoms with Crippen LogP contribution in [-0.4, -0.2) is 36.2 Å². The molecular weight excluding hydrogens is 462 g/mol. The molecule has 0 saturated heterocycles. The first-order valence-electron chi connectivity index (χ1n) is 12.9. The van der Waals surface area contributed by atoms with Crippen molar-refractivity contribution in [3.63, 3.8) is 0 Å². The predicted octanol–water partition coefficient (Wildman–Crippen LogP) is 7.54. The fourth-order valence-electron chi connectivity index (χ4n) is 5.05. The Labute approximate surface area is 223 Å². The van der Waals surface area contributed by atoms with E-state index in [-0.39, 0.29) is 19.0 Å². The van der Waals surface area contributed by atoms with Gasteiger partial charge in [0.1, 0.15) is 0 Å². The van der Waals surface area contributed by atoms with E-state index < -0.39 is 0 Å². The second kappa shape index (κ2) is 15.3. The van der Waals surface area contributed by atoms with Crippen LogP contribution in [0.3, 0.4) is 0 Å². The van der Waals surface area contributed by atoms with Crippen LogP contribution in [0.5, 0.6) is 0 Å². The van der Waals surface area contributed by atoms with Gasteiger partial charge in [-0.15, -0.1) is 12.4 Å². The average molecular weight is 500 g/mol. The van der Waals surface area contributed by atoms with Gasteiger partial charge in [0.15, 0.2) is 0 Å². The summed E-state index contributed by atoms with van der Waals surface area (Å²) >= 11 is 0. The second-order valence-corrected chi connectivity index (χ2v) is 9.24. The van der Waals surface area contributed by atoms with Gasteiger partial charge in [0.05, 0.1) is 0 Å². The van der Waals surface area contributed by atoms with Crippen LogP contribution in [0.25, 0.3) is 0 Å². The van der Waals surface area contributed by atoms with Crippen LogP contribution in [0, 0.1) is 0 Å². The highest BCUT2D eigenvalue weighted by Crippen LogP contribution is 2.30. The maximum absolute atomic E-state index is 9.56. The number of nitrogens with zero attached hydrogens (tertiary/aromatic N) is 1. The fraction of sp³-hybridized carbons (Fsp3) is 0.273. The third kappa shape index (κ3) is 8.06. The molecule has 0 aromatic heterocycles. The molecule has 4 aromatic carbocycles. The minimum absolute atomic E-state index is 0. The molecule has 188 valence electrons. The van der Waals surface area contributed by atoms with Crippen LogP contribution in [-0.2, 0) is 0 Å². The zero-order valence-corrected chi connectivity index (χ0v) is 21.8. The Morgan fingerprint density at radius 1 is 0.472 bits per heavy atom. The van der Waals surface area contributed by atoms with Crippen molar-refractivity contribution in [3.05, 3.63) is 144 Å². The molecule has 0 saturated carbocycles. The van der Waals surface area contributed by atoms with Gasteiger partial charge in [-0.25, -0.2) is 0 Å². The van der Waals surface area contributed by atoms with Crippen molar-refractivity contribution in [2.24, 2.45) is 0 Å². The van der Waals surface area contributed by atoms with Gasteiger partial charge >= 0.3 is 0 Å². The normalized spacial score (nSPS) is 11.1. The van der Waals surface area contributed by atoms with Crippen LogP contribution in [0.1, 0.15) is 53.4 Å². The van der Waals surface area contributed by atoms with Crippen molar-refractivity contribution >= 4 is 12.4 Å². The number of rotatable bonds is 13. The Bertz CT molecular complexity index is 924. The molecule has 0 radical (unpaired) electrons. The molecule has 0 unspecified atom stereocenters. The first-order valence-corrected chi connectivity index (χ1v) is 12.9. The number of aliphatic hydroxyl groups is 1. The molecule has 0 aliphatic rings. The number of hydrogen-bond donors (Lipinski definition) is 1. The molecule has 0 aliphatic heterocycles. The lowest BCUT2D eigenvalue weighted by molar-refractivity contribution is 0.216. The van der Waals surface area contributed by atoms with Crippen molar-refractivity contribution in [2.45, 2.75) is 31.1 Å². The Hall–Kier alpha value is -2.91. The van der Waals surface area contributed by atoms with Gasteiger partial charge in [-0.3, -0.25) is 0 Å². The zero-order chi connectivity index (χ0) is 24.1. The number of halogens is 1. The summed E-state index contributed by atoms with van der Waals surface area (Å²) in [7, 11) is 0. The summed E-state index contributed by atoms with van der Waals surface area (Å²) < 4.78 is 0. The van der Waals surface area contributed by atoms with E-state index >= 15 is 0 Å². The van der Waals surface area contributed by atoms with Crippen LogP contribution in [0.4, 0.5) is 0 Å². The minimum Gasteiger partial charge on any atom is -0.396 e. The molecular formula is C33H38ClNO. The zero-order valence-electron chi connectivity index (χ0n) is 21.0. The SMILES string of the molecule is Cl.OCCCN(CCC(c1ccccc1)c1ccccc1)CCC(c1ccccc1)c1ccccc1. The molecule has 0 atom stereocenters. The van der Waals surface area contributed by atoms with Crippen LogP contribution in [0.2, 0.25) is 0 Å². The summed E-state index contributed by atoms with van der Waals surface area (Å²) in [4.78, 5) is 2.55. The summed E-state index contributed by atoms with van der Waals surface area (Å²) in [5, 5.41) is 9.56.